The van der Waals surface area contributed by atoms with Gasteiger partial charge in [0.1, 0.15) is 0 Å². The van der Waals surface area contributed by atoms with E-state index >= 15 is 0 Å². The molecule has 3 aromatic carbocycles. The van der Waals surface area contributed by atoms with E-state index in [9.17, 15) is 0 Å². The van der Waals surface area contributed by atoms with Crippen molar-refractivity contribution in [1.29, 1.82) is 0 Å². The summed E-state index contributed by atoms with van der Waals surface area (Å²) in [6.45, 7) is 0. The van der Waals surface area contributed by atoms with Crippen molar-refractivity contribution in [1.82, 2.24) is 9.55 Å². The molecule has 0 saturated heterocycles. The molecule has 0 radical (unpaired) electrons. The van der Waals surface area contributed by atoms with Gasteiger partial charge in [0.15, 0.2) is 0 Å². The first kappa shape index (κ1) is 13.4. The molecule has 106 valence electrons. The molecule has 0 bridgehead atoms. The van der Waals surface area contributed by atoms with Crippen LogP contribution in [0.1, 0.15) is 0 Å². The second-order valence-corrected chi connectivity index (χ2v) is 6.35. The monoisotopic (exact) mass is 462 g/mol. The number of nitrogens with zero attached hydrogens (tertiary/aromatic N) is 2. The second kappa shape index (κ2) is 5.52. The summed E-state index contributed by atoms with van der Waals surface area (Å²) >= 11 is 2.11. The van der Waals surface area contributed by atoms with Gasteiger partial charge >= 0.3 is 139 Å². The topological polar surface area (TPSA) is 17.8 Å². The SMILES string of the molecule is [Ir+2][c]1cccc2c1nc(-c1ccccc1)n2-c1ccccc1. The molecular weight excluding hydrogens is 448 g/mol. The maximum absolute atomic E-state index is 4.92. The van der Waals surface area contributed by atoms with Crippen molar-refractivity contribution < 1.29 is 18.9 Å². The Morgan fingerprint density at radius 1 is 0.727 bits per heavy atom. The molecule has 22 heavy (non-hydrogen) atoms. The predicted octanol–water partition coefficient (Wildman–Crippen LogP) is 3.86. The van der Waals surface area contributed by atoms with E-state index in [0.717, 1.165) is 28.1 Å². The van der Waals surface area contributed by atoms with E-state index in [1.54, 1.807) is 0 Å². The molecule has 0 spiro atoms. The molecule has 0 saturated carbocycles. The zero-order valence-electron chi connectivity index (χ0n) is 11.7. The summed E-state index contributed by atoms with van der Waals surface area (Å²) in [5, 5.41) is 0. The van der Waals surface area contributed by atoms with Crippen molar-refractivity contribution >= 4 is 15.1 Å². The standard InChI is InChI=1S/C19H13N2.Ir/c1-3-9-15(10-4-1)19-20-17-13-7-8-14-18(17)21(19)16-11-5-2-6-12-16;/h1-12,14H;/q;+2. The van der Waals surface area contributed by atoms with Crippen LogP contribution >= 0.6 is 0 Å². The van der Waals surface area contributed by atoms with E-state index in [4.69, 9.17) is 4.98 Å². The first-order valence-corrected chi connectivity index (χ1v) is 8.30. The third-order valence-corrected chi connectivity index (χ3v) is 4.63. The summed E-state index contributed by atoms with van der Waals surface area (Å²) in [6.07, 6.45) is 0. The van der Waals surface area contributed by atoms with E-state index in [2.05, 4.69) is 90.2 Å². The average Bonchev–Trinajstić information content (AvgIpc) is 2.97. The van der Waals surface area contributed by atoms with E-state index in [-0.39, 0.29) is 0 Å². The minimum atomic E-state index is 0.983. The van der Waals surface area contributed by atoms with Crippen molar-refractivity contribution in [3.05, 3.63) is 78.9 Å². The fourth-order valence-electron chi connectivity index (χ4n) is 2.67. The number of benzene rings is 3. The number of hydrogen-bond acceptors (Lipinski definition) is 1. The Hall–Kier alpha value is -2.22. The quantitative estimate of drug-likeness (QED) is 0.443. The van der Waals surface area contributed by atoms with Crippen molar-refractivity contribution in [2.24, 2.45) is 0 Å². The first-order chi connectivity index (χ1) is 10.8. The van der Waals surface area contributed by atoms with Gasteiger partial charge in [-0.15, -0.1) is 0 Å². The van der Waals surface area contributed by atoms with E-state index in [1.165, 1.54) is 4.08 Å². The van der Waals surface area contributed by atoms with Crippen LogP contribution in [0.5, 0.6) is 0 Å². The van der Waals surface area contributed by atoms with Gasteiger partial charge in [-0.1, -0.05) is 0 Å². The van der Waals surface area contributed by atoms with Gasteiger partial charge in [0.25, 0.3) is 0 Å². The molecule has 1 aromatic heterocycles. The number of rotatable bonds is 2. The van der Waals surface area contributed by atoms with Gasteiger partial charge in [0, 0.05) is 0 Å². The molecule has 4 rings (SSSR count). The Labute approximate surface area is 139 Å². The molecule has 0 fully saturated rings. The summed E-state index contributed by atoms with van der Waals surface area (Å²) in [6, 6.07) is 27.1. The van der Waals surface area contributed by atoms with Crippen LogP contribution in [-0.2, 0) is 18.9 Å². The van der Waals surface area contributed by atoms with Gasteiger partial charge in [-0.2, -0.15) is 0 Å². The van der Waals surface area contributed by atoms with Crippen LogP contribution in [0.2, 0.25) is 0 Å². The summed E-state index contributed by atoms with van der Waals surface area (Å²) in [7, 11) is 0. The molecule has 0 unspecified atom stereocenters. The molecular formula is C19H13IrN2+2. The Bertz CT molecular complexity index is 928. The molecule has 2 nitrogen and oxygen atoms in total. The van der Waals surface area contributed by atoms with Crippen LogP contribution < -0.4 is 4.08 Å². The predicted molar refractivity (Wildman–Crippen MR) is 86.1 cm³/mol. The molecule has 1 heterocycles. The fraction of sp³-hybridized carbons (Fsp3) is 0. The van der Waals surface area contributed by atoms with Crippen molar-refractivity contribution in [3.8, 4) is 17.1 Å². The second-order valence-electron chi connectivity index (χ2n) is 5.06. The minimum absolute atomic E-state index is 0.983. The van der Waals surface area contributed by atoms with Crippen LogP contribution in [0, 0.1) is 0 Å². The Morgan fingerprint density at radius 3 is 2.14 bits per heavy atom. The van der Waals surface area contributed by atoms with E-state index in [0.29, 0.717) is 0 Å². The van der Waals surface area contributed by atoms with Crippen LogP contribution in [0.3, 0.4) is 0 Å². The molecule has 4 aromatic rings. The van der Waals surface area contributed by atoms with E-state index in [1.807, 2.05) is 12.1 Å². The van der Waals surface area contributed by atoms with Gasteiger partial charge in [0.05, 0.1) is 0 Å². The Morgan fingerprint density at radius 2 is 1.41 bits per heavy atom. The van der Waals surface area contributed by atoms with Crippen molar-refractivity contribution in [3.63, 3.8) is 0 Å². The maximum atomic E-state index is 4.92. The number of aromatic nitrogens is 2. The van der Waals surface area contributed by atoms with Gasteiger partial charge in [-0.25, -0.2) is 0 Å². The summed E-state index contributed by atoms with van der Waals surface area (Å²) < 4.78 is 3.43. The molecule has 0 atom stereocenters. The average molecular weight is 462 g/mol. The normalized spacial score (nSPS) is 11.0. The molecule has 0 aliphatic heterocycles. The van der Waals surface area contributed by atoms with Crippen LogP contribution in [0.15, 0.2) is 78.9 Å². The molecule has 0 amide bonds. The number of hydrogen-bond donors (Lipinski definition) is 0. The summed E-state index contributed by atoms with van der Waals surface area (Å²) in [5.41, 5.74) is 4.46. The van der Waals surface area contributed by atoms with Crippen molar-refractivity contribution in [2.45, 2.75) is 0 Å². The third kappa shape index (κ3) is 2.19. The summed E-state index contributed by atoms with van der Waals surface area (Å²) in [4.78, 5) is 4.92. The van der Waals surface area contributed by atoms with Gasteiger partial charge in [0.2, 0.25) is 0 Å². The first-order valence-electron chi connectivity index (χ1n) is 7.10. The Kier molecular flexibility index (Phi) is 3.38. The van der Waals surface area contributed by atoms with E-state index < -0.39 is 0 Å². The van der Waals surface area contributed by atoms with Crippen LogP contribution in [-0.4, -0.2) is 9.55 Å². The van der Waals surface area contributed by atoms with Gasteiger partial charge in [-0.05, 0) is 0 Å². The van der Waals surface area contributed by atoms with Gasteiger partial charge < -0.3 is 0 Å². The fourth-order valence-corrected chi connectivity index (χ4v) is 3.34. The number of imidazole rings is 1. The number of para-hydroxylation sites is 2. The summed E-state index contributed by atoms with van der Waals surface area (Å²) in [5.74, 6) is 0.983. The van der Waals surface area contributed by atoms with Gasteiger partial charge in [-0.3, -0.25) is 0 Å². The zero-order chi connectivity index (χ0) is 14.9. The number of fused-ring (bicyclic) bond motifs is 1. The van der Waals surface area contributed by atoms with Crippen molar-refractivity contribution in [2.75, 3.05) is 0 Å². The zero-order valence-corrected chi connectivity index (χ0v) is 14.1. The van der Waals surface area contributed by atoms with Crippen LogP contribution in [0.25, 0.3) is 28.1 Å². The molecule has 0 aliphatic rings. The molecule has 3 heteroatoms. The molecule has 0 N–H and O–H groups in total. The third-order valence-electron chi connectivity index (χ3n) is 3.66. The Balaban J connectivity index is 2.10. The molecule has 0 aliphatic carbocycles. The van der Waals surface area contributed by atoms with Crippen LogP contribution in [0.4, 0.5) is 0 Å².